The number of rotatable bonds is 4. The molecule has 0 saturated heterocycles. The van der Waals surface area contributed by atoms with Gasteiger partial charge >= 0.3 is 6.18 Å². The second-order valence-corrected chi connectivity index (χ2v) is 4.61. The van der Waals surface area contributed by atoms with Crippen molar-refractivity contribution >= 4 is 0 Å². The third kappa shape index (κ3) is 2.97. The van der Waals surface area contributed by atoms with Gasteiger partial charge in [-0.15, -0.1) is 0 Å². The Kier molecular flexibility index (Phi) is 3.05. The van der Waals surface area contributed by atoms with E-state index in [1.165, 1.54) is 6.42 Å². The van der Waals surface area contributed by atoms with Gasteiger partial charge in [0, 0.05) is 6.54 Å². The molecule has 1 N–H and O–H groups in total. The van der Waals surface area contributed by atoms with Gasteiger partial charge in [-0.3, -0.25) is 0 Å². The van der Waals surface area contributed by atoms with Gasteiger partial charge in [0.25, 0.3) is 0 Å². The average molecular weight is 219 g/mol. The van der Waals surface area contributed by atoms with Crippen LogP contribution in [0, 0.1) is 17.8 Å². The number of hydrogen-bond donors (Lipinski definition) is 1. The van der Waals surface area contributed by atoms with Gasteiger partial charge in [-0.05, 0) is 37.1 Å². The number of alkyl halides is 3. The summed E-state index contributed by atoms with van der Waals surface area (Å²) in [6.45, 7) is 0.794. The summed E-state index contributed by atoms with van der Waals surface area (Å²) in [6, 6.07) is 0. The predicted molar refractivity (Wildman–Crippen MR) is 52.4 cm³/mol. The highest BCUT2D eigenvalue weighted by Gasteiger charge is 2.35. The normalized spacial score (nSPS) is 33.9. The van der Waals surface area contributed by atoms with Crippen LogP contribution in [0.15, 0.2) is 12.2 Å². The number of halogens is 3. The van der Waals surface area contributed by atoms with E-state index < -0.39 is 12.6 Å². The van der Waals surface area contributed by atoms with Crippen LogP contribution in [0.3, 0.4) is 0 Å². The van der Waals surface area contributed by atoms with Crippen molar-refractivity contribution < 1.29 is 13.2 Å². The topological polar surface area (TPSA) is 12.0 Å². The van der Waals surface area contributed by atoms with Gasteiger partial charge in [0.1, 0.15) is 0 Å². The number of allylic oxidation sites excluding steroid dienone is 2. The minimum atomic E-state index is -4.03. The van der Waals surface area contributed by atoms with Crippen LogP contribution in [0.5, 0.6) is 0 Å². The van der Waals surface area contributed by atoms with Crippen LogP contribution in [-0.2, 0) is 0 Å². The van der Waals surface area contributed by atoms with Gasteiger partial charge < -0.3 is 5.32 Å². The molecule has 0 aliphatic heterocycles. The van der Waals surface area contributed by atoms with Crippen molar-refractivity contribution in [1.29, 1.82) is 0 Å². The van der Waals surface area contributed by atoms with Crippen LogP contribution in [0.2, 0.25) is 0 Å². The third-order valence-electron chi connectivity index (χ3n) is 3.41. The Labute approximate surface area is 87.7 Å². The molecule has 2 aliphatic carbocycles. The second-order valence-electron chi connectivity index (χ2n) is 4.61. The van der Waals surface area contributed by atoms with Gasteiger partial charge in [0.2, 0.25) is 0 Å². The molecule has 3 unspecified atom stereocenters. The molecule has 0 radical (unpaired) electrons. The van der Waals surface area contributed by atoms with Crippen LogP contribution in [0.4, 0.5) is 13.2 Å². The molecule has 2 bridgehead atoms. The van der Waals surface area contributed by atoms with Gasteiger partial charge in [-0.25, -0.2) is 0 Å². The highest BCUT2D eigenvalue weighted by atomic mass is 19.4. The Hall–Kier alpha value is -0.510. The van der Waals surface area contributed by atoms with Gasteiger partial charge in [0.15, 0.2) is 0 Å². The molecule has 15 heavy (non-hydrogen) atoms. The molecule has 86 valence electrons. The molecular weight excluding hydrogens is 203 g/mol. The largest absolute Gasteiger partial charge is 0.390 e. The first-order valence-corrected chi connectivity index (χ1v) is 5.50. The summed E-state index contributed by atoms with van der Waals surface area (Å²) in [5.41, 5.74) is 0. The van der Waals surface area contributed by atoms with E-state index >= 15 is 0 Å². The van der Waals surface area contributed by atoms with Crippen LogP contribution in [0.1, 0.15) is 19.3 Å². The minimum Gasteiger partial charge on any atom is -0.316 e. The first kappa shape index (κ1) is 11.0. The van der Waals surface area contributed by atoms with Gasteiger partial charge in [0.05, 0.1) is 6.42 Å². The monoisotopic (exact) mass is 219 g/mol. The maximum atomic E-state index is 11.9. The van der Waals surface area contributed by atoms with Crippen LogP contribution in [0.25, 0.3) is 0 Å². The van der Waals surface area contributed by atoms with E-state index in [4.69, 9.17) is 0 Å². The highest BCUT2D eigenvalue weighted by molar-refractivity contribution is 5.10. The van der Waals surface area contributed by atoms with Crippen molar-refractivity contribution in [3.05, 3.63) is 12.2 Å². The molecule has 0 aromatic heterocycles. The fourth-order valence-corrected chi connectivity index (χ4v) is 2.65. The molecule has 0 heterocycles. The van der Waals surface area contributed by atoms with E-state index in [-0.39, 0.29) is 6.54 Å². The highest BCUT2D eigenvalue weighted by Crippen LogP contribution is 2.42. The molecule has 0 aromatic carbocycles. The zero-order valence-electron chi connectivity index (χ0n) is 8.56. The lowest BCUT2D eigenvalue weighted by Gasteiger charge is -2.18. The molecular formula is C11H16F3N. The summed E-state index contributed by atoms with van der Waals surface area (Å²) < 4.78 is 35.6. The molecule has 1 nitrogen and oxygen atoms in total. The van der Waals surface area contributed by atoms with Crippen molar-refractivity contribution in [3.63, 3.8) is 0 Å². The molecule has 1 fully saturated rings. The van der Waals surface area contributed by atoms with E-state index in [0.717, 1.165) is 13.0 Å². The summed E-state index contributed by atoms with van der Waals surface area (Å²) in [5, 5.41) is 2.91. The van der Waals surface area contributed by atoms with Crippen molar-refractivity contribution in [2.75, 3.05) is 13.1 Å². The fraction of sp³-hybridized carbons (Fsp3) is 0.818. The number of fused-ring (bicyclic) bond motifs is 2. The van der Waals surface area contributed by atoms with Crippen molar-refractivity contribution in [2.24, 2.45) is 17.8 Å². The van der Waals surface area contributed by atoms with E-state index in [1.54, 1.807) is 0 Å². The summed E-state index contributed by atoms with van der Waals surface area (Å²) in [4.78, 5) is 0. The lowest BCUT2D eigenvalue weighted by molar-refractivity contribution is -0.133. The molecule has 1 saturated carbocycles. The van der Waals surface area contributed by atoms with E-state index in [2.05, 4.69) is 17.5 Å². The summed E-state index contributed by atoms with van der Waals surface area (Å²) in [6.07, 6.45) is 2.10. The van der Waals surface area contributed by atoms with Crippen molar-refractivity contribution in [1.82, 2.24) is 5.32 Å². The minimum absolute atomic E-state index is 0.0566. The molecule has 2 rings (SSSR count). The SMILES string of the molecule is FC(F)(F)CCNCC1CC2C=CC1C2. The Balaban J connectivity index is 1.61. The Morgan fingerprint density at radius 2 is 2.00 bits per heavy atom. The van der Waals surface area contributed by atoms with Crippen LogP contribution < -0.4 is 5.32 Å². The summed E-state index contributed by atoms with van der Waals surface area (Å²) in [7, 11) is 0. The summed E-state index contributed by atoms with van der Waals surface area (Å²) >= 11 is 0. The van der Waals surface area contributed by atoms with E-state index in [0.29, 0.717) is 17.8 Å². The van der Waals surface area contributed by atoms with Gasteiger partial charge in [-0.1, -0.05) is 12.2 Å². The third-order valence-corrected chi connectivity index (χ3v) is 3.41. The fourth-order valence-electron chi connectivity index (χ4n) is 2.65. The molecule has 0 spiro atoms. The average Bonchev–Trinajstić information content (AvgIpc) is 2.71. The first-order chi connectivity index (χ1) is 7.04. The molecule has 0 aromatic rings. The Morgan fingerprint density at radius 1 is 1.20 bits per heavy atom. The Bertz CT molecular complexity index is 247. The van der Waals surface area contributed by atoms with Crippen LogP contribution in [-0.4, -0.2) is 19.3 Å². The van der Waals surface area contributed by atoms with Crippen molar-refractivity contribution in [3.8, 4) is 0 Å². The van der Waals surface area contributed by atoms with Gasteiger partial charge in [-0.2, -0.15) is 13.2 Å². The molecule has 0 amide bonds. The molecule has 2 aliphatic rings. The number of nitrogens with one attached hydrogen (secondary N) is 1. The Morgan fingerprint density at radius 3 is 2.53 bits per heavy atom. The standard InChI is InChI=1S/C11H16F3N/c12-11(13,14)3-4-15-7-10-6-8-1-2-9(10)5-8/h1-2,8-10,15H,3-7H2. The van der Waals surface area contributed by atoms with E-state index in [9.17, 15) is 13.2 Å². The zero-order valence-corrected chi connectivity index (χ0v) is 8.56. The second kappa shape index (κ2) is 4.16. The maximum absolute atomic E-state index is 11.9. The van der Waals surface area contributed by atoms with Crippen LogP contribution >= 0.6 is 0 Å². The molecule has 4 heteroatoms. The number of hydrogen-bond acceptors (Lipinski definition) is 1. The predicted octanol–water partition coefficient (Wildman–Crippen LogP) is 2.74. The zero-order chi connectivity index (χ0) is 10.9. The first-order valence-electron chi connectivity index (χ1n) is 5.50. The maximum Gasteiger partial charge on any atom is 0.390 e. The smallest absolute Gasteiger partial charge is 0.316 e. The van der Waals surface area contributed by atoms with Crippen molar-refractivity contribution in [2.45, 2.75) is 25.4 Å². The lowest BCUT2D eigenvalue weighted by Crippen LogP contribution is -2.28. The molecule has 3 atom stereocenters. The summed E-state index contributed by atoms with van der Waals surface area (Å²) in [5.74, 6) is 1.88. The van der Waals surface area contributed by atoms with E-state index in [1.807, 2.05) is 0 Å². The quantitative estimate of drug-likeness (QED) is 0.566. The lowest BCUT2D eigenvalue weighted by atomic mass is 9.94.